The van der Waals surface area contributed by atoms with Crippen molar-refractivity contribution in [3.63, 3.8) is 0 Å². The van der Waals surface area contributed by atoms with Gasteiger partial charge in [-0.1, -0.05) is 58.7 Å². The number of benzene rings is 1. The molecular formula is C28H43N5O5S. The summed E-state index contributed by atoms with van der Waals surface area (Å²) in [4.78, 5) is 54.5. The number of aliphatic carboxylic acids is 1. The normalized spacial score (nSPS) is 15.9. The number of carbonyl (C=O) groups is 4. The Morgan fingerprint density at radius 2 is 1.51 bits per heavy atom. The molecule has 0 aliphatic carbocycles. The molecule has 11 heteroatoms. The summed E-state index contributed by atoms with van der Waals surface area (Å²) in [5, 5.41) is 18.7. The molecule has 0 saturated heterocycles. The van der Waals surface area contributed by atoms with Gasteiger partial charge in [-0.3, -0.25) is 14.4 Å². The Morgan fingerprint density at radius 1 is 0.949 bits per heavy atom. The third-order valence-corrected chi connectivity index (χ3v) is 7.91. The fraction of sp³-hybridized carbons (Fsp3) is 0.571. The number of nitrogens with one attached hydrogen (secondary N) is 4. The first-order valence-corrected chi connectivity index (χ1v) is 14.9. The molecular weight excluding hydrogens is 518 g/mol. The van der Waals surface area contributed by atoms with Crippen LogP contribution >= 0.6 is 11.8 Å². The van der Waals surface area contributed by atoms with Gasteiger partial charge in [-0.2, -0.15) is 11.8 Å². The topological polar surface area (TPSA) is 166 Å². The van der Waals surface area contributed by atoms with E-state index in [1.54, 1.807) is 0 Å². The Balaban J connectivity index is 2.15. The van der Waals surface area contributed by atoms with E-state index in [0.29, 0.717) is 18.6 Å². The van der Waals surface area contributed by atoms with Gasteiger partial charge in [0.05, 0.1) is 6.04 Å². The minimum absolute atomic E-state index is 0.233. The van der Waals surface area contributed by atoms with Crippen LogP contribution in [0, 0.1) is 11.8 Å². The first-order valence-electron chi connectivity index (χ1n) is 13.5. The van der Waals surface area contributed by atoms with E-state index >= 15 is 0 Å². The molecule has 3 amide bonds. The standard InChI is InChI=1S/C28H43N5O5S/c1-6-16(3)23(26(35)31-22(28(37)38)12-13-39-5)33-27(36)24(17(4)7-2)32-25(34)20(29)14-18-15-30-21-11-9-8-10-19(18)21/h8-11,15-17,20,22-24,30H,6-7,12-14,29H2,1-5H3,(H,31,35)(H,32,34)(H,33,36)(H,37,38). The summed E-state index contributed by atoms with van der Waals surface area (Å²) in [6, 6.07) is 3.93. The average molecular weight is 562 g/mol. The van der Waals surface area contributed by atoms with Crippen LogP contribution in [0.15, 0.2) is 30.5 Å². The highest BCUT2D eigenvalue weighted by Crippen LogP contribution is 2.19. The molecule has 10 nitrogen and oxygen atoms in total. The summed E-state index contributed by atoms with van der Waals surface area (Å²) in [6.45, 7) is 7.45. The quantitative estimate of drug-likeness (QED) is 0.183. The second kappa shape index (κ2) is 15.5. The summed E-state index contributed by atoms with van der Waals surface area (Å²) in [7, 11) is 0. The molecule has 1 heterocycles. The third kappa shape index (κ3) is 8.99. The third-order valence-electron chi connectivity index (χ3n) is 7.26. The van der Waals surface area contributed by atoms with Gasteiger partial charge in [-0.15, -0.1) is 0 Å². The van der Waals surface area contributed by atoms with Crippen molar-refractivity contribution in [2.24, 2.45) is 17.6 Å². The van der Waals surface area contributed by atoms with Crippen molar-refractivity contribution in [1.82, 2.24) is 20.9 Å². The highest BCUT2D eigenvalue weighted by Gasteiger charge is 2.34. The van der Waals surface area contributed by atoms with Crippen LogP contribution < -0.4 is 21.7 Å². The van der Waals surface area contributed by atoms with Crippen LogP contribution in [0.1, 0.15) is 52.5 Å². The minimum atomic E-state index is -1.12. The Hall–Kier alpha value is -3.05. The number of hydrogen-bond acceptors (Lipinski definition) is 6. The predicted molar refractivity (Wildman–Crippen MR) is 155 cm³/mol. The second-order valence-electron chi connectivity index (χ2n) is 10.1. The highest BCUT2D eigenvalue weighted by molar-refractivity contribution is 7.98. The number of nitrogens with two attached hydrogens (primary N) is 1. The molecule has 2 aromatic rings. The summed E-state index contributed by atoms with van der Waals surface area (Å²) in [5.41, 5.74) is 8.11. The van der Waals surface area contributed by atoms with Crippen molar-refractivity contribution < 1.29 is 24.3 Å². The lowest BCUT2D eigenvalue weighted by Crippen LogP contribution is -2.60. The molecule has 6 unspecified atom stereocenters. The number of rotatable bonds is 16. The summed E-state index contributed by atoms with van der Waals surface area (Å²) in [6.07, 6.45) is 5.43. The molecule has 0 radical (unpaired) electrons. The fourth-order valence-corrected chi connectivity index (χ4v) is 4.76. The molecule has 0 aliphatic heterocycles. The molecule has 0 saturated carbocycles. The minimum Gasteiger partial charge on any atom is -0.480 e. The number of amides is 3. The van der Waals surface area contributed by atoms with Crippen LogP contribution in [-0.4, -0.2) is 70.0 Å². The Kier molecular flexibility index (Phi) is 12.8. The van der Waals surface area contributed by atoms with E-state index in [0.717, 1.165) is 16.5 Å². The van der Waals surface area contributed by atoms with Crippen molar-refractivity contribution in [1.29, 1.82) is 0 Å². The lowest BCUT2D eigenvalue weighted by atomic mass is 9.94. The second-order valence-corrected chi connectivity index (χ2v) is 11.1. The maximum Gasteiger partial charge on any atom is 0.326 e. The number of carboxylic acid groups (broad SMARTS) is 1. The lowest BCUT2D eigenvalue weighted by Gasteiger charge is -2.30. The SMILES string of the molecule is CCC(C)C(NC(=O)C(N)Cc1c[nH]c2ccccc12)C(=O)NC(C(=O)NC(CCSC)C(=O)O)C(C)CC. The van der Waals surface area contributed by atoms with E-state index in [4.69, 9.17) is 5.73 Å². The van der Waals surface area contributed by atoms with Gasteiger partial charge in [0.2, 0.25) is 17.7 Å². The number of carboxylic acids is 1. The number of para-hydroxylation sites is 1. The van der Waals surface area contributed by atoms with Crippen LogP contribution in [0.5, 0.6) is 0 Å². The number of aromatic nitrogens is 1. The highest BCUT2D eigenvalue weighted by atomic mass is 32.2. The van der Waals surface area contributed by atoms with Gasteiger partial charge in [0.1, 0.15) is 18.1 Å². The predicted octanol–water partition coefficient (Wildman–Crippen LogP) is 2.42. The maximum absolute atomic E-state index is 13.4. The molecule has 0 fully saturated rings. The van der Waals surface area contributed by atoms with Crippen LogP contribution in [0.2, 0.25) is 0 Å². The molecule has 1 aromatic heterocycles. The van der Waals surface area contributed by atoms with Crippen molar-refractivity contribution in [3.05, 3.63) is 36.0 Å². The van der Waals surface area contributed by atoms with Gasteiger partial charge in [-0.25, -0.2) is 4.79 Å². The molecule has 6 atom stereocenters. The van der Waals surface area contributed by atoms with Crippen molar-refractivity contribution >= 4 is 46.4 Å². The number of aromatic amines is 1. The molecule has 7 N–H and O–H groups in total. The molecule has 0 bridgehead atoms. The van der Waals surface area contributed by atoms with E-state index < -0.39 is 47.9 Å². The van der Waals surface area contributed by atoms with Gasteiger partial charge in [-0.05, 0) is 48.3 Å². The number of fused-ring (bicyclic) bond motifs is 1. The number of carbonyl (C=O) groups excluding carboxylic acids is 3. The van der Waals surface area contributed by atoms with Gasteiger partial charge < -0.3 is 31.8 Å². The van der Waals surface area contributed by atoms with Gasteiger partial charge >= 0.3 is 5.97 Å². The fourth-order valence-electron chi connectivity index (χ4n) is 4.29. The van der Waals surface area contributed by atoms with Crippen LogP contribution in [0.4, 0.5) is 0 Å². The van der Waals surface area contributed by atoms with Crippen LogP contribution in [0.3, 0.4) is 0 Å². The monoisotopic (exact) mass is 561 g/mol. The molecule has 2 rings (SSSR count). The molecule has 39 heavy (non-hydrogen) atoms. The van der Waals surface area contributed by atoms with E-state index in [1.165, 1.54) is 11.8 Å². The van der Waals surface area contributed by atoms with Crippen LogP contribution in [-0.2, 0) is 25.6 Å². The zero-order valence-electron chi connectivity index (χ0n) is 23.5. The van der Waals surface area contributed by atoms with E-state index in [2.05, 4.69) is 20.9 Å². The van der Waals surface area contributed by atoms with Gasteiger partial charge in [0.15, 0.2) is 0 Å². The maximum atomic E-state index is 13.4. The first-order chi connectivity index (χ1) is 18.5. The summed E-state index contributed by atoms with van der Waals surface area (Å²) < 4.78 is 0. The van der Waals surface area contributed by atoms with Gasteiger partial charge in [0, 0.05) is 17.1 Å². The van der Waals surface area contributed by atoms with E-state index in [9.17, 15) is 24.3 Å². The lowest BCUT2D eigenvalue weighted by molar-refractivity contribution is -0.142. The first kappa shape index (κ1) is 32.2. The Morgan fingerprint density at radius 3 is 2.08 bits per heavy atom. The van der Waals surface area contributed by atoms with E-state index in [1.807, 2.05) is 64.4 Å². The molecule has 216 valence electrons. The van der Waals surface area contributed by atoms with E-state index in [-0.39, 0.29) is 24.7 Å². The zero-order valence-corrected chi connectivity index (χ0v) is 24.3. The largest absolute Gasteiger partial charge is 0.480 e. The Bertz CT molecular complexity index is 1120. The van der Waals surface area contributed by atoms with Crippen molar-refractivity contribution in [3.8, 4) is 0 Å². The average Bonchev–Trinajstić information content (AvgIpc) is 3.33. The smallest absolute Gasteiger partial charge is 0.326 e. The number of H-pyrrole nitrogens is 1. The number of thioether (sulfide) groups is 1. The number of hydrogen-bond donors (Lipinski definition) is 6. The van der Waals surface area contributed by atoms with Crippen molar-refractivity contribution in [2.75, 3.05) is 12.0 Å². The summed E-state index contributed by atoms with van der Waals surface area (Å²) >= 11 is 1.49. The van der Waals surface area contributed by atoms with Gasteiger partial charge in [0.25, 0.3) is 0 Å². The molecule has 1 aromatic carbocycles. The Labute approximate surface area is 234 Å². The summed E-state index contributed by atoms with van der Waals surface area (Å²) in [5.74, 6) is -2.58. The van der Waals surface area contributed by atoms with Crippen LogP contribution in [0.25, 0.3) is 10.9 Å². The molecule has 0 spiro atoms. The molecule has 0 aliphatic rings. The zero-order chi connectivity index (χ0) is 29.1. The van der Waals surface area contributed by atoms with Crippen molar-refractivity contribution in [2.45, 2.75) is 77.5 Å².